The Morgan fingerprint density at radius 1 is 1.38 bits per heavy atom. The van der Waals surface area contributed by atoms with Gasteiger partial charge in [-0.3, -0.25) is 9.67 Å². The van der Waals surface area contributed by atoms with Crippen molar-refractivity contribution >= 4 is 0 Å². The number of hydrogen-bond acceptors (Lipinski definition) is 4. The number of aliphatic hydroxyl groups is 1. The lowest BCUT2D eigenvalue weighted by Gasteiger charge is -2.09. The zero-order valence-corrected chi connectivity index (χ0v) is 9.33. The Balaban J connectivity index is 2.11. The summed E-state index contributed by atoms with van der Waals surface area (Å²) < 4.78 is 1.65. The normalized spacial score (nSPS) is 12.7. The largest absolute Gasteiger partial charge is 0.386 e. The number of aryl methyl sites for hydroxylation is 2. The molecule has 0 spiro atoms. The van der Waals surface area contributed by atoms with Gasteiger partial charge in [0.15, 0.2) is 0 Å². The zero-order chi connectivity index (χ0) is 11.5. The molecule has 2 rings (SSSR count). The van der Waals surface area contributed by atoms with E-state index in [9.17, 15) is 5.11 Å². The molecule has 2 aromatic heterocycles. The number of aromatic nitrogens is 4. The molecule has 0 aliphatic heterocycles. The van der Waals surface area contributed by atoms with Gasteiger partial charge in [-0.1, -0.05) is 6.07 Å². The molecule has 0 saturated heterocycles. The molecule has 0 radical (unpaired) electrons. The van der Waals surface area contributed by atoms with Gasteiger partial charge in [-0.05, 0) is 18.6 Å². The molecular weight excluding hydrogens is 204 g/mol. The third-order valence-corrected chi connectivity index (χ3v) is 2.46. The van der Waals surface area contributed by atoms with E-state index >= 15 is 0 Å². The van der Waals surface area contributed by atoms with Crippen molar-refractivity contribution in [3.63, 3.8) is 0 Å². The molecule has 0 bridgehead atoms. The molecule has 1 atom stereocenters. The Morgan fingerprint density at radius 2 is 2.19 bits per heavy atom. The highest BCUT2D eigenvalue weighted by molar-refractivity contribution is 5.14. The molecule has 0 aromatic carbocycles. The summed E-state index contributed by atoms with van der Waals surface area (Å²) in [5, 5.41) is 13.9. The van der Waals surface area contributed by atoms with Gasteiger partial charge < -0.3 is 5.11 Å². The second-order valence-corrected chi connectivity index (χ2v) is 3.78. The van der Waals surface area contributed by atoms with Crippen molar-refractivity contribution in [1.29, 1.82) is 0 Å². The third-order valence-electron chi connectivity index (χ3n) is 2.46. The molecule has 16 heavy (non-hydrogen) atoms. The van der Waals surface area contributed by atoms with Crippen LogP contribution < -0.4 is 0 Å². The maximum Gasteiger partial charge on any atom is 0.138 e. The van der Waals surface area contributed by atoms with E-state index in [1.54, 1.807) is 17.9 Å². The summed E-state index contributed by atoms with van der Waals surface area (Å²) in [6.45, 7) is 1.96. The van der Waals surface area contributed by atoms with Crippen LogP contribution in [0.5, 0.6) is 0 Å². The summed E-state index contributed by atoms with van der Waals surface area (Å²) in [6, 6.07) is 3.76. The van der Waals surface area contributed by atoms with Gasteiger partial charge in [0.2, 0.25) is 0 Å². The van der Waals surface area contributed by atoms with Crippen molar-refractivity contribution in [2.45, 2.75) is 19.4 Å². The van der Waals surface area contributed by atoms with E-state index in [4.69, 9.17) is 0 Å². The first-order valence-electron chi connectivity index (χ1n) is 5.10. The van der Waals surface area contributed by atoms with E-state index in [2.05, 4.69) is 15.1 Å². The number of pyridine rings is 1. The van der Waals surface area contributed by atoms with Crippen LogP contribution >= 0.6 is 0 Å². The van der Waals surface area contributed by atoms with Gasteiger partial charge in [-0.15, -0.1) is 0 Å². The van der Waals surface area contributed by atoms with Crippen LogP contribution in [0.15, 0.2) is 24.7 Å². The van der Waals surface area contributed by atoms with Crippen LogP contribution in [0.4, 0.5) is 0 Å². The first-order valence-corrected chi connectivity index (χ1v) is 5.10. The Bertz CT molecular complexity index is 463. The fourth-order valence-electron chi connectivity index (χ4n) is 1.46. The lowest BCUT2D eigenvalue weighted by molar-refractivity contribution is 0.169. The van der Waals surface area contributed by atoms with Crippen LogP contribution in [0.2, 0.25) is 0 Å². The molecule has 5 heteroatoms. The quantitative estimate of drug-likeness (QED) is 0.827. The van der Waals surface area contributed by atoms with Crippen molar-refractivity contribution in [1.82, 2.24) is 19.7 Å². The van der Waals surface area contributed by atoms with E-state index < -0.39 is 6.10 Å². The maximum absolute atomic E-state index is 9.96. The average molecular weight is 218 g/mol. The summed E-state index contributed by atoms with van der Waals surface area (Å²) in [5.41, 5.74) is 1.74. The predicted molar refractivity (Wildman–Crippen MR) is 58.6 cm³/mol. The van der Waals surface area contributed by atoms with Crippen LogP contribution in [0, 0.1) is 6.92 Å². The highest BCUT2D eigenvalue weighted by Crippen LogP contribution is 2.14. The molecule has 1 N–H and O–H groups in total. The van der Waals surface area contributed by atoms with Crippen molar-refractivity contribution in [3.05, 3.63) is 41.7 Å². The van der Waals surface area contributed by atoms with Crippen molar-refractivity contribution in [2.75, 3.05) is 0 Å². The van der Waals surface area contributed by atoms with E-state index in [0.717, 1.165) is 11.4 Å². The molecule has 5 nitrogen and oxygen atoms in total. The van der Waals surface area contributed by atoms with E-state index in [-0.39, 0.29) is 0 Å². The van der Waals surface area contributed by atoms with Gasteiger partial charge in [-0.2, -0.15) is 5.10 Å². The Labute approximate surface area is 93.8 Å². The molecule has 0 aliphatic rings. The minimum Gasteiger partial charge on any atom is -0.386 e. The van der Waals surface area contributed by atoms with E-state index in [1.807, 2.05) is 19.1 Å². The maximum atomic E-state index is 9.96. The predicted octanol–water partition coefficient (Wildman–Crippen LogP) is 0.795. The zero-order valence-electron chi connectivity index (χ0n) is 9.33. The van der Waals surface area contributed by atoms with Crippen molar-refractivity contribution in [2.24, 2.45) is 7.05 Å². The third kappa shape index (κ3) is 2.25. The number of hydrogen-bond donors (Lipinski definition) is 1. The number of rotatable bonds is 3. The SMILES string of the molecule is Cc1ccc(C(O)Cc2ncnn2C)nc1. The number of nitrogens with zero attached hydrogens (tertiary/aromatic N) is 4. The summed E-state index contributed by atoms with van der Waals surface area (Å²) in [4.78, 5) is 8.24. The minimum absolute atomic E-state index is 0.423. The van der Waals surface area contributed by atoms with Crippen LogP contribution in [0.1, 0.15) is 23.2 Å². The molecule has 0 fully saturated rings. The Kier molecular flexibility index (Phi) is 2.96. The summed E-state index contributed by atoms with van der Waals surface area (Å²) in [7, 11) is 1.80. The molecule has 2 heterocycles. The topological polar surface area (TPSA) is 63.8 Å². The van der Waals surface area contributed by atoms with E-state index in [1.165, 1.54) is 6.33 Å². The van der Waals surface area contributed by atoms with Gasteiger partial charge in [0.25, 0.3) is 0 Å². The monoisotopic (exact) mass is 218 g/mol. The van der Waals surface area contributed by atoms with Crippen LogP contribution in [0.25, 0.3) is 0 Å². The highest BCUT2D eigenvalue weighted by atomic mass is 16.3. The fraction of sp³-hybridized carbons (Fsp3) is 0.364. The van der Waals surface area contributed by atoms with Gasteiger partial charge in [0.1, 0.15) is 18.3 Å². The van der Waals surface area contributed by atoms with E-state index in [0.29, 0.717) is 12.1 Å². The smallest absolute Gasteiger partial charge is 0.138 e. The Hall–Kier alpha value is -1.75. The lowest BCUT2D eigenvalue weighted by Crippen LogP contribution is -2.08. The first-order chi connectivity index (χ1) is 7.66. The standard InChI is InChI=1S/C11H14N4O/c1-8-3-4-9(12-6-8)10(16)5-11-13-7-14-15(11)2/h3-4,6-7,10,16H,5H2,1-2H3. The van der Waals surface area contributed by atoms with Crippen molar-refractivity contribution < 1.29 is 5.11 Å². The molecule has 0 amide bonds. The van der Waals surface area contributed by atoms with Crippen molar-refractivity contribution in [3.8, 4) is 0 Å². The molecule has 84 valence electrons. The van der Waals surface area contributed by atoms with Gasteiger partial charge in [-0.25, -0.2) is 4.98 Å². The molecule has 1 unspecified atom stereocenters. The summed E-state index contributed by atoms with van der Waals surface area (Å²) >= 11 is 0. The van der Waals surface area contributed by atoms with Gasteiger partial charge in [0.05, 0.1) is 5.69 Å². The van der Waals surface area contributed by atoms with Crippen LogP contribution in [-0.4, -0.2) is 24.9 Å². The second-order valence-electron chi connectivity index (χ2n) is 3.78. The fourth-order valence-corrected chi connectivity index (χ4v) is 1.46. The molecular formula is C11H14N4O. The second kappa shape index (κ2) is 4.40. The molecule has 2 aromatic rings. The minimum atomic E-state index is -0.636. The average Bonchev–Trinajstić information content (AvgIpc) is 2.65. The van der Waals surface area contributed by atoms with Crippen LogP contribution in [0.3, 0.4) is 0 Å². The Morgan fingerprint density at radius 3 is 2.75 bits per heavy atom. The van der Waals surface area contributed by atoms with Gasteiger partial charge in [0, 0.05) is 19.7 Å². The molecule has 0 saturated carbocycles. The molecule has 0 aliphatic carbocycles. The summed E-state index contributed by atoms with van der Waals surface area (Å²) in [6.07, 6.45) is 3.01. The highest BCUT2D eigenvalue weighted by Gasteiger charge is 2.12. The first kappa shape index (κ1) is 10.8. The van der Waals surface area contributed by atoms with Crippen LogP contribution in [-0.2, 0) is 13.5 Å². The van der Waals surface area contributed by atoms with Gasteiger partial charge >= 0.3 is 0 Å². The summed E-state index contributed by atoms with van der Waals surface area (Å²) in [5.74, 6) is 0.745. The lowest BCUT2D eigenvalue weighted by atomic mass is 10.1. The number of aliphatic hydroxyl groups excluding tert-OH is 1.